The number of amides is 1. The number of aromatic nitrogens is 4. The second-order valence-electron chi connectivity index (χ2n) is 10.2. The van der Waals surface area contributed by atoms with Gasteiger partial charge < -0.3 is 61.0 Å². The number of phosphoric acid groups is 2. The van der Waals surface area contributed by atoms with Crippen LogP contribution in [0.3, 0.4) is 0 Å². The molecule has 2 unspecified atom stereocenters. The van der Waals surface area contributed by atoms with Crippen LogP contribution in [0, 0.1) is 0 Å². The van der Waals surface area contributed by atoms with Crippen molar-refractivity contribution in [3.05, 3.63) is 45.0 Å². The second-order valence-corrected chi connectivity index (χ2v) is 13.3. The Labute approximate surface area is 255 Å². The molecule has 2 saturated heterocycles. The lowest BCUT2D eigenvalue weighted by Crippen LogP contribution is -2.40. The Bertz CT molecular complexity index is 1770. The van der Waals surface area contributed by atoms with Crippen molar-refractivity contribution in [2.24, 2.45) is 5.73 Å². The van der Waals surface area contributed by atoms with Crippen LogP contribution in [0.4, 0.5) is 5.82 Å². The maximum Gasteiger partial charge on any atom is 0.481 e. The lowest BCUT2D eigenvalue weighted by atomic mass is 10.1. The number of H-pyrrole nitrogens is 2. The average Bonchev–Trinajstić information content (AvgIpc) is 3.56. The minimum Gasteiger partial charge on any atom is -0.387 e. The van der Waals surface area contributed by atoms with Gasteiger partial charge in [-0.1, -0.05) is 6.08 Å². The number of nitrogens with one attached hydrogen (secondary N) is 2. The molecule has 0 aromatic carbocycles. The van der Waals surface area contributed by atoms with Crippen molar-refractivity contribution in [3.8, 4) is 0 Å². The van der Waals surface area contributed by atoms with Gasteiger partial charge in [-0.15, -0.1) is 0 Å². The van der Waals surface area contributed by atoms with E-state index in [2.05, 4.69) is 28.3 Å². The molecule has 25 heteroatoms. The molecule has 0 spiro atoms. The van der Waals surface area contributed by atoms with E-state index in [0.29, 0.717) is 4.57 Å². The number of aliphatic hydroxyl groups is 4. The van der Waals surface area contributed by atoms with Crippen LogP contribution in [-0.2, 0) is 36.8 Å². The van der Waals surface area contributed by atoms with E-state index in [1.165, 1.54) is 23.4 Å². The third kappa shape index (κ3) is 6.87. The van der Waals surface area contributed by atoms with E-state index >= 15 is 0 Å². The largest absolute Gasteiger partial charge is 0.481 e. The third-order valence-electron chi connectivity index (χ3n) is 7.09. The van der Waals surface area contributed by atoms with Crippen LogP contribution in [0.2, 0.25) is 0 Å². The van der Waals surface area contributed by atoms with Gasteiger partial charge in [0.25, 0.3) is 0 Å². The third-order valence-corrected chi connectivity index (χ3v) is 9.69. The summed E-state index contributed by atoms with van der Waals surface area (Å²) < 4.78 is 50.0. The molecule has 2 aromatic heterocycles. The van der Waals surface area contributed by atoms with E-state index in [4.69, 9.17) is 20.9 Å². The van der Waals surface area contributed by atoms with Crippen molar-refractivity contribution in [2.45, 2.75) is 55.5 Å². The normalized spacial score (nSPS) is 32.4. The molecule has 3 aliphatic heterocycles. The number of hydrogen-bond donors (Lipinski definition) is 10. The summed E-state index contributed by atoms with van der Waals surface area (Å²) in [4.78, 5) is 65.1. The first-order valence-corrected chi connectivity index (χ1v) is 16.1. The summed E-state index contributed by atoms with van der Waals surface area (Å²) in [6.45, 7) is -1.98. The number of aliphatic hydroxyl groups excluding tert-OH is 4. The molecule has 1 amide bonds. The quantitative estimate of drug-likeness (QED) is 0.0997. The molecule has 254 valence electrons. The van der Waals surface area contributed by atoms with Crippen molar-refractivity contribution >= 4 is 38.5 Å². The highest BCUT2D eigenvalue weighted by Gasteiger charge is 2.48. The molecular formula is C21H29N7O16P2. The summed E-state index contributed by atoms with van der Waals surface area (Å²) in [7, 11) is -10.9. The van der Waals surface area contributed by atoms with Gasteiger partial charge in [0, 0.05) is 18.0 Å². The Balaban J connectivity index is 1.18. The molecule has 23 nitrogen and oxygen atoms in total. The number of nitrogens with two attached hydrogens (primary N) is 2. The number of ether oxygens (including phenoxy) is 2. The standard InChI is InChI=1S/C21H29N7O16P2/c22-15-10-17(26-20(34)25-15)28(21(35)24-10)19-14(32)12(30)9(43-19)6-41-46(38,39)44-45(36,37)40-5-8-11(29)13(31)18(42-8)27-3-1-2-7(4-27)16(23)33/h1,3-4,8-9,11-14,18-19,29-32H,2,5-6H2,(H2,23,33)(H,24,35)(H,36,37)(H,38,39)(H3,22,25,26,34)/t8-,9-,11-,12-,13-,14-,18-,19-/m1/s1. The molecule has 0 saturated carbocycles. The maximum absolute atomic E-state index is 12.5. The van der Waals surface area contributed by atoms with Crippen molar-refractivity contribution in [1.82, 2.24) is 24.4 Å². The number of imidazole rings is 1. The topological polar surface area (TPSA) is 358 Å². The van der Waals surface area contributed by atoms with Crippen LogP contribution in [-0.4, -0.2) is 117 Å². The predicted octanol–water partition coefficient (Wildman–Crippen LogP) is -4.10. The molecule has 0 aliphatic carbocycles. The number of allylic oxidation sites excluding steroid dienone is 1. The number of hydrogen-bond acceptors (Lipinski definition) is 17. The average molecular weight is 697 g/mol. The van der Waals surface area contributed by atoms with Gasteiger partial charge in [0.05, 0.1) is 13.2 Å². The molecule has 5 rings (SSSR count). The summed E-state index contributed by atoms with van der Waals surface area (Å²) in [5.41, 5.74) is 8.76. The highest BCUT2D eigenvalue weighted by molar-refractivity contribution is 7.61. The Morgan fingerprint density at radius 3 is 2.13 bits per heavy atom. The van der Waals surface area contributed by atoms with Gasteiger partial charge in [-0.2, -0.15) is 9.29 Å². The molecule has 2 aromatic rings. The first kappa shape index (κ1) is 34.1. The van der Waals surface area contributed by atoms with Crippen LogP contribution in [0.15, 0.2) is 33.6 Å². The molecule has 2 fully saturated rings. The number of primary amides is 1. The van der Waals surface area contributed by atoms with Gasteiger partial charge in [-0.25, -0.2) is 23.3 Å². The Morgan fingerprint density at radius 1 is 0.978 bits per heavy atom. The molecule has 10 atom stereocenters. The van der Waals surface area contributed by atoms with Crippen molar-refractivity contribution in [2.75, 3.05) is 18.9 Å². The summed E-state index contributed by atoms with van der Waals surface area (Å²) >= 11 is 0. The van der Waals surface area contributed by atoms with Gasteiger partial charge in [-0.3, -0.25) is 18.8 Å². The molecule has 3 aliphatic rings. The monoisotopic (exact) mass is 697 g/mol. The zero-order chi connectivity index (χ0) is 33.7. The Morgan fingerprint density at radius 2 is 1.54 bits per heavy atom. The Hall–Kier alpha value is -3.28. The summed E-state index contributed by atoms with van der Waals surface area (Å²) in [6.07, 6.45) is -8.59. The predicted molar refractivity (Wildman–Crippen MR) is 147 cm³/mol. The molecule has 12 N–H and O–H groups in total. The number of carbonyl (C=O) groups excluding carboxylic acids is 1. The summed E-state index contributed by atoms with van der Waals surface area (Å²) in [5.74, 6) is -0.986. The minimum atomic E-state index is -5.47. The SMILES string of the molecule is NC(=O)C1=CN([C@@H]2O[C@H](COP(=O)(O)OP(=O)(O)OC[C@H]3O[C@@H](n4c(=O)[nH]c5c(N)[nH]c(=O)nc54)[C@H](O)[C@@H]3O)[C@@H](O)[C@H]2O)C=CC1. The van der Waals surface area contributed by atoms with Gasteiger partial charge in [0.15, 0.2) is 18.1 Å². The highest BCUT2D eigenvalue weighted by Crippen LogP contribution is 2.60. The number of aromatic amines is 2. The molecule has 5 heterocycles. The lowest BCUT2D eigenvalue weighted by Gasteiger charge is -2.28. The zero-order valence-corrected chi connectivity index (χ0v) is 24.9. The fraction of sp³-hybridized carbons (Fsp3) is 0.524. The van der Waals surface area contributed by atoms with E-state index in [1.54, 1.807) is 0 Å². The summed E-state index contributed by atoms with van der Waals surface area (Å²) in [5, 5.41) is 41.6. The number of carbonyl (C=O) groups is 1. The van der Waals surface area contributed by atoms with Crippen LogP contribution >= 0.6 is 15.6 Å². The van der Waals surface area contributed by atoms with E-state index in [9.17, 15) is 53.7 Å². The van der Waals surface area contributed by atoms with E-state index in [1.807, 2.05) is 0 Å². The first-order chi connectivity index (χ1) is 21.5. The number of nitrogen functional groups attached to an aromatic ring is 1. The van der Waals surface area contributed by atoms with Gasteiger partial charge >= 0.3 is 27.0 Å². The first-order valence-electron chi connectivity index (χ1n) is 13.1. The number of fused-ring (bicyclic) bond motifs is 1. The second kappa shape index (κ2) is 12.7. The van der Waals surface area contributed by atoms with Crippen LogP contribution in [0.5, 0.6) is 0 Å². The van der Waals surface area contributed by atoms with E-state index in [-0.39, 0.29) is 29.0 Å². The van der Waals surface area contributed by atoms with Crippen molar-refractivity contribution in [3.63, 3.8) is 0 Å². The number of phosphoric ester groups is 2. The minimum absolute atomic E-state index is 0.112. The van der Waals surface area contributed by atoms with Gasteiger partial charge in [0.1, 0.15) is 48.0 Å². The van der Waals surface area contributed by atoms with E-state index in [0.717, 1.165) is 0 Å². The van der Waals surface area contributed by atoms with Crippen LogP contribution < -0.4 is 22.8 Å². The maximum atomic E-state index is 12.5. The number of anilines is 1. The molecule has 0 bridgehead atoms. The fourth-order valence-electron chi connectivity index (χ4n) is 4.88. The molecule has 46 heavy (non-hydrogen) atoms. The molecule has 0 radical (unpaired) electrons. The van der Waals surface area contributed by atoms with Crippen molar-refractivity contribution in [1.29, 1.82) is 0 Å². The summed E-state index contributed by atoms with van der Waals surface area (Å²) in [6, 6.07) is 0. The smallest absolute Gasteiger partial charge is 0.387 e. The van der Waals surface area contributed by atoms with Gasteiger partial charge in [-0.05, 0) is 6.42 Å². The van der Waals surface area contributed by atoms with E-state index < -0.39 is 95.2 Å². The highest BCUT2D eigenvalue weighted by atomic mass is 31.3. The fourth-order valence-corrected chi connectivity index (χ4v) is 6.97. The molecular weight excluding hydrogens is 668 g/mol. The van der Waals surface area contributed by atoms with Crippen molar-refractivity contribution < 1.29 is 67.0 Å². The zero-order valence-electron chi connectivity index (χ0n) is 23.1. The number of rotatable bonds is 11. The Kier molecular flexibility index (Phi) is 9.43. The van der Waals surface area contributed by atoms with Crippen LogP contribution in [0.25, 0.3) is 11.2 Å². The number of nitrogens with zero attached hydrogens (tertiary/aromatic N) is 3. The van der Waals surface area contributed by atoms with Gasteiger partial charge in [0.2, 0.25) is 5.91 Å². The van der Waals surface area contributed by atoms with Crippen LogP contribution in [0.1, 0.15) is 12.6 Å². The lowest BCUT2D eigenvalue weighted by molar-refractivity contribution is -0.115.